The van der Waals surface area contributed by atoms with E-state index in [9.17, 15) is 4.79 Å². The molecule has 0 aromatic carbocycles. The molecule has 0 aliphatic heterocycles. The zero-order valence-corrected chi connectivity index (χ0v) is 8.97. The molecule has 4 heteroatoms. The summed E-state index contributed by atoms with van der Waals surface area (Å²) in [5, 5.41) is 9.13. The Morgan fingerprint density at radius 1 is 1.67 bits per heavy atom. The molecule has 0 spiro atoms. The van der Waals surface area contributed by atoms with Crippen molar-refractivity contribution in [3.05, 3.63) is 11.8 Å². The van der Waals surface area contributed by atoms with Gasteiger partial charge in [0.15, 0.2) is 5.78 Å². The van der Waals surface area contributed by atoms with E-state index in [1.807, 2.05) is 0 Å². The molecule has 0 saturated heterocycles. The molecule has 1 atom stereocenters. The van der Waals surface area contributed by atoms with Crippen molar-refractivity contribution in [2.75, 3.05) is 7.11 Å². The fourth-order valence-electron chi connectivity index (χ4n) is 0.505. The monoisotopic (exact) mass is 209 g/mol. The van der Waals surface area contributed by atoms with Gasteiger partial charge in [-0.3, -0.25) is 4.79 Å². The largest absolute Gasteiger partial charge is 0.509 e. The molecule has 0 aliphatic carbocycles. The first kappa shape index (κ1) is 14.3. The van der Waals surface area contributed by atoms with E-state index in [0.29, 0.717) is 6.42 Å². The van der Waals surface area contributed by atoms with Gasteiger partial charge in [-0.1, -0.05) is 6.92 Å². The normalized spacial score (nSPS) is 13.4. The van der Waals surface area contributed by atoms with Crippen LogP contribution in [0.25, 0.3) is 0 Å². The molecular formula is C8H14O3V. The molecule has 0 heterocycles. The second kappa shape index (κ2) is 7.41. The average Bonchev–Trinajstić information content (AvgIpc) is 2.02. The Hall–Kier alpha value is -0.246. The van der Waals surface area contributed by atoms with Crippen molar-refractivity contribution in [3.8, 4) is 0 Å². The minimum Gasteiger partial charge on any atom is -0.509 e. The zero-order chi connectivity index (χ0) is 8.85. The van der Waals surface area contributed by atoms with Gasteiger partial charge in [0.05, 0.1) is 0 Å². The van der Waals surface area contributed by atoms with Gasteiger partial charge in [0, 0.05) is 38.2 Å². The molecule has 0 fully saturated rings. The number of aliphatic hydroxyl groups excluding tert-OH is 1. The van der Waals surface area contributed by atoms with E-state index < -0.39 is 6.10 Å². The van der Waals surface area contributed by atoms with Crippen LogP contribution in [0.1, 0.15) is 20.3 Å². The summed E-state index contributed by atoms with van der Waals surface area (Å²) < 4.78 is 4.79. The Bertz CT molecular complexity index is 166. The molecule has 0 aromatic heterocycles. The van der Waals surface area contributed by atoms with Gasteiger partial charge in [-0.05, 0) is 6.92 Å². The zero-order valence-electron chi connectivity index (χ0n) is 7.57. The third-order valence-electron chi connectivity index (χ3n) is 1.43. The smallest absolute Gasteiger partial charge is 0.158 e. The van der Waals surface area contributed by atoms with Crippen LogP contribution in [0.2, 0.25) is 0 Å². The fourth-order valence-corrected chi connectivity index (χ4v) is 0.505. The number of allylic oxidation sites excluding steroid dienone is 1. The van der Waals surface area contributed by atoms with Crippen LogP contribution < -0.4 is 0 Å². The number of ether oxygens (including phenoxy) is 1. The molecular weight excluding hydrogens is 195 g/mol. The van der Waals surface area contributed by atoms with E-state index in [0.717, 1.165) is 0 Å². The third-order valence-corrected chi connectivity index (χ3v) is 1.43. The summed E-state index contributed by atoms with van der Waals surface area (Å²) in [6.07, 6.45) is 1.21. The summed E-state index contributed by atoms with van der Waals surface area (Å²) in [7, 11) is 1.48. The fraction of sp³-hybridized carbons (Fsp3) is 0.625. The standard InChI is InChI=1S/C8H14O3.V/c1-4-7(9)5-8(10)6(2)11-3;/h5-6,10H,4H2,1-3H3;/b8-5-;. The van der Waals surface area contributed by atoms with Crippen LogP contribution in [-0.4, -0.2) is 24.1 Å². The Balaban J connectivity index is 0. The molecule has 1 N–H and O–H groups in total. The van der Waals surface area contributed by atoms with Gasteiger partial charge >= 0.3 is 0 Å². The summed E-state index contributed by atoms with van der Waals surface area (Å²) in [5.41, 5.74) is 0. The van der Waals surface area contributed by atoms with Crippen LogP contribution in [-0.2, 0) is 28.1 Å². The van der Waals surface area contributed by atoms with Crippen LogP contribution >= 0.6 is 0 Å². The predicted molar refractivity (Wildman–Crippen MR) is 42.5 cm³/mol. The van der Waals surface area contributed by atoms with E-state index >= 15 is 0 Å². The first-order valence-corrected chi connectivity index (χ1v) is 3.58. The second-order valence-corrected chi connectivity index (χ2v) is 2.27. The van der Waals surface area contributed by atoms with E-state index in [1.54, 1.807) is 13.8 Å². The van der Waals surface area contributed by atoms with Gasteiger partial charge in [-0.15, -0.1) is 0 Å². The average molecular weight is 209 g/mol. The summed E-state index contributed by atoms with van der Waals surface area (Å²) in [4.78, 5) is 10.8. The third kappa shape index (κ3) is 5.41. The topological polar surface area (TPSA) is 46.5 Å². The van der Waals surface area contributed by atoms with Gasteiger partial charge in [-0.25, -0.2) is 0 Å². The number of hydrogen-bond donors (Lipinski definition) is 1. The van der Waals surface area contributed by atoms with Crippen molar-refractivity contribution >= 4 is 5.78 Å². The molecule has 0 saturated carbocycles. The Labute approximate surface area is 84.7 Å². The number of rotatable bonds is 4. The van der Waals surface area contributed by atoms with Crippen LogP contribution in [0.4, 0.5) is 0 Å². The van der Waals surface area contributed by atoms with Crippen LogP contribution in [0.5, 0.6) is 0 Å². The van der Waals surface area contributed by atoms with Crippen LogP contribution in [0.3, 0.4) is 0 Å². The minimum atomic E-state index is -0.398. The van der Waals surface area contributed by atoms with Gasteiger partial charge in [0.1, 0.15) is 11.9 Å². The molecule has 0 rings (SSSR count). The maximum Gasteiger partial charge on any atom is 0.158 e. The van der Waals surface area contributed by atoms with Gasteiger partial charge < -0.3 is 9.84 Å². The molecule has 0 amide bonds. The molecule has 0 bridgehead atoms. The molecule has 69 valence electrons. The summed E-state index contributed by atoms with van der Waals surface area (Å²) in [6.45, 7) is 3.42. The number of hydrogen-bond acceptors (Lipinski definition) is 3. The van der Waals surface area contributed by atoms with Crippen molar-refractivity contribution in [2.24, 2.45) is 0 Å². The van der Waals surface area contributed by atoms with Crippen LogP contribution in [0.15, 0.2) is 11.8 Å². The van der Waals surface area contributed by atoms with Gasteiger partial charge in [-0.2, -0.15) is 0 Å². The number of ketones is 1. The summed E-state index contributed by atoms with van der Waals surface area (Å²) >= 11 is 0. The van der Waals surface area contributed by atoms with Crippen LogP contribution in [0, 0.1) is 0 Å². The van der Waals surface area contributed by atoms with Gasteiger partial charge in [0.25, 0.3) is 0 Å². The van der Waals surface area contributed by atoms with E-state index in [2.05, 4.69) is 0 Å². The number of carbonyl (C=O) groups is 1. The molecule has 12 heavy (non-hydrogen) atoms. The summed E-state index contributed by atoms with van der Waals surface area (Å²) in [5.74, 6) is -0.106. The molecule has 3 nitrogen and oxygen atoms in total. The predicted octanol–water partition coefficient (Wildman–Crippen LogP) is 1.44. The van der Waals surface area contributed by atoms with Crippen molar-refractivity contribution in [1.29, 1.82) is 0 Å². The van der Waals surface area contributed by atoms with Gasteiger partial charge in [0.2, 0.25) is 0 Å². The first-order chi connectivity index (χ1) is 5.11. The quantitative estimate of drug-likeness (QED) is 0.563. The Kier molecular flexibility index (Phi) is 8.82. The number of aliphatic hydroxyl groups is 1. The molecule has 1 radical (unpaired) electrons. The van der Waals surface area contributed by atoms with Crippen molar-refractivity contribution in [3.63, 3.8) is 0 Å². The Morgan fingerprint density at radius 3 is 2.50 bits per heavy atom. The van der Waals surface area contributed by atoms with Crippen molar-refractivity contribution in [1.82, 2.24) is 0 Å². The van der Waals surface area contributed by atoms with Crippen molar-refractivity contribution in [2.45, 2.75) is 26.4 Å². The maximum absolute atomic E-state index is 10.8. The molecule has 0 aliphatic rings. The summed E-state index contributed by atoms with van der Waals surface area (Å²) in [6, 6.07) is 0. The second-order valence-electron chi connectivity index (χ2n) is 2.27. The Morgan fingerprint density at radius 2 is 2.17 bits per heavy atom. The number of methoxy groups -OCH3 is 1. The minimum absolute atomic E-state index is 0. The first-order valence-electron chi connectivity index (χ1n) is 3.58. The number of carbonyl (C=O) groups excluding carboxylic acids is 1. The van der Waals surface area contributed by atoms with E-state index in [-0.39, 0.29) is 30.1 Å². The van der Waals surface area contributed by atoms with Crippen molar-refractivity contribution < 1.29 is 33.2 Å². The molecule has 1 unspecified atom stereocenters. The van der Waals surface area contributed by atoms with E-state index in [1.165, 1.54) is 13.2 Å². The SMILES string of the molecule is CCC(=O)/C=C(\O)C(C)OC.[V]. The molecule has 0 aromatic rings. The van der Waals surface area contributed by atoms with E-state index in [4.69, 9.17) is 9.84 Å². The maximum atomic E-state index is 10.8.